The lowest BCUT2D eigenvalue weighted by molar-refractivity contribution is -0.155. The summed E-state index contributed by atoms with van der Waals surface area (Å²) in [4.78, 5) is 41.5. The predicted molar refractivity (Wildman–Crippen MR) is 128 cm³/mol. The molecule has 2 amide bonds. The van der Waals surface area contributed by atoms with E-state index in [4.69, 9.17) is 9.47 Å². The Bertz CT molecular complexity index is 1160. The summed E-state index contributed by atoms with van der Waals surface area (Å²) in [7, 11) is 0. The lowest BCUT2D eigenvalue weighted by Crippen LogP contribution is -2.56. The number of fused-ring (bicyclic) bond motifs is 2. The Morgan fingerprint density at radius 3 is 2.74 bits per heavy atom. The molecule has 2 N–H and O–H groups in total. The van der Waals surface area contributed by atoms with Crippen LogP contribution in [0.1, 0.15) is 20.3 Å². The molecule has 9 heteroatoms. The van der Waals surface area contributed by atoms with Crippen molar-refractivity contribution >= 4 is 50.2 Å². The monoisotopic (exact) mass is 530 g/mol. The van der Waals surface area contributed by atoms with E-state index in [0.717, 1.165) is 10.8 Å². The molecule has 3 saturated heterocycles. The maximum absolute atomic E-state index is 13.8. The molecule has 7 atom stereocenters. The van der Waals surface area contributed by atoms with Crippen molar-refractivity contribution in [1.82, 2.24) is 4.90 Å². The quantitative estimate of drug-likeness (QED) is 0.439. The number of amides is 2. The fraction of sp³-hybridized carbons (Fsp3) is 0.480. The molecule has 0 aliphatic carbocycles. The number of aliphatic hydroxyl groups is 1. The van der Waals surface area contributed by atoms with Gasteiger partial charge < -0.3 is 24.8 Å². The third-order valence-corrected chi connectivity index (χ3v) is 8.14. The van der Waals surface area contributed by atoms with Crippen LogP contribution in [0.25, 0.3) is 10.8 Å². The van der Waals surface area contributed by atoms with Gasteiger partial charge in [-0.2, -0.15) is 0 Å². The van der Waals surface area contributed by atoms with Crippen molar-refractivity contribution < 1.29 is 29.0 Å². The fourth-order valence-corrected chi connectivity index (χ4v) is 6.86. The summed E-state index contributed by atoms with van der Waals surface area (Å²) >= 11 is 3.61. The van der Waals surface area contributed by atoms with E-state index in [2.05, 4.69) is 21.2 Å². The molecule has 3 unspecified atom stereocenters. The Hall–Kier alpha value is -2.49. The Morgan fingerprint density at radius 1 is 1.29 bits per heavy atom. The number of esters is 1. The summed E-state index contributed by atoms with van der Waals surface area (Å²) in [6.45, 7) is 3.26. The first-order chi connectivity index (χ1) is 16.3. The Balaban J connectivity index is 1.53. The summed E-state index contributed by atoms with van der Waals surface area (Å²) in [5.74, 6) is -2.91. The lowest BCUT2D eigenvalue weighted by Gasteiger charge is -2.35. The molecule has 3 aliphatic heterocycles. The van der Waals surface area contributed by atoms with E-state index in [-0.39, 0.29) is 23.9 Å². The minimum Gasteiger partial charge on any atom is -0.466 e. The van der Waals surface area contributed by atoms with Crippen molar-refractivity contribution in [3.63, 3.8) is 0 Å². The van der Waals surface area contributed by atoms with Crippen LogP contribution in [0.15, 0.2) is 42.5 Å². The van der Waals surface area contributed by atoms with Crippen molar-refractivity contribution in [2.75, 3.05) is 18.5 Å². The number of carbonyl (C=O) groups excluding carboxylic acids is 3. The Morgan fingerprint density at radius 2 is 2.03 bits per heavy atom. The van der Waals surface area contributed by atoms with Crippen LogP contribution in [-0.4, -0.2) is 69.6 Å². The second-order valence-corrected chi connectivity index (χ2v) is 10.4. The first kappa shape index (κ1) is 23.3. The van der Waals surface area contributed by atoms with Gasteiger partial charge in [0.25, 0.3) is 0 Å². The standard InChI is InChI=1S/C25H27BrN2O6/c1-3-33-24(32)18-19-23(31)28(13(2)12-29)21(25(19)11-17(26)20(18)34-25)22(30)27-16-9-8-14-6-4-5-7-15(14)10-16/h4-10,13,17-21,29H,3,11-12H2,1-2H3,(H,27,30)/t13-,17?,18+,19+,20+,21?,25?/m1/s1. The minimum absolute atomic E-state index is 0.186. The molecule has 5 rings (SSSR count). The number of benzene rings is 2. The second kappa shape index (κ2) is 8.62. The van der Waals surface area contributed by atoms with Crippen molar-refractivity contribution in [1.29, 1.82) is 0 Å². The highest BCUT2D eigenvalue weighted by molar-refractivity contribution is 9.09. The van der Waals surface area contributed by atoms with Crippen LogP contribution in [-0.2, 0) is 23.9 Å². The van der Waals surface area contributed by atoms with Crippen LogP contribution in [0.2, 0.25) is 0 Å². The van der Waals surface area contributed by atoms with Gasteiger partial charge in [-0.3, -0.25) is 14.4 Å². The number of alkyl halides is 1. The van der Waals surface area contributed by atoms with Crippen LogP contribution in [0.3, 0.4) is 0 Å². The molecule has 3 fully saturated rings. The van der Waals surface area contributed by atoms with Gasteiger partial charge in [-0.15, -0.1) is 0 Å². The number of anilines is 1. The third kappa shape index (κ3) is 3.36. The highest BCUT2D eigenvalue weighted by atomic mass is 79.9. The van der Waals surface area contributed by atoms with Gasteiger partial charge >= 0.3 is 5.97 Å². The summed E-state index contributed by atoms with van der Waals surface area (Å²) in [6.07, 6.45) is -0.162. The second-order valence-electron chi connectivity index (χ2n) is 9.24. The highest BCUT2D eigenvalue weighted by Crippen LogP contribution is 2.60. The zero-order valence-electron chi connectivity index (χ0n) is 18.9. The number of rotatable bonds is 6. The number of nitrogens with zero attached hydrogens (tertiary/aromatic N) is 1. The first-order valence-electron chi connectivity index (χ1n) is 11.5. The van der Waals surface area contributed by atoms with Crippen LogP contribution < -0.4 is 5.32 Å². The highest BCUT2D eigenvalue weighted by Gasteiger charge is 2.77. The topological polar surface area (TPSA) is 105 Å². The molecule has 0 saturated carbocycles. The van der Waals surface area contributed by atoms with E-state index in [0.29, 0.717) is 12.1 Å². The Labute approximate surface area is 205 Å². The number of halogens is 1. The van der Waals surface area contributed by atoms with Gasteiger partial charge in [-0.05, 0) is 43.2 Å². The summed E-state index contributed by atoms with van der Waals surface area (Å²) < 4.78 is 11.6. The molecule has 3 heterocycles. The number of aliphatic hydroxyl groups excluding tert-OH is 1. The van der Waals surface area contributed by atoms with Crippen LogP contribution in [0.4, 0.5) is 5.69 Å². The summed E-state index contributed by atoms with van der Waals surface area (Å²) in [5, 5.41) is 14.9. The number of likely N-dealkylation sites (tertiary alicyclic amines) is 1. The van der Waals surface area contributed by atoms with E-state index >= 15 is 0 Å². The third-order valence-electron chi connectivity index (χ3n) is 7.29. The molecular formula is C25H27BrN2O6. The van der Waals surface area contributed by atoms with E-state index in [9.17, 15) is 19.5 Å². The van der Waals surface area contributed by atoms with Gasteiger partial charge in [0.1, 0.15) is 11.6 Å². The molecule has 3 aliphatic rings. The molecule has 2 bridgehead atoms. The van der Waals surface area contributed by atoms with Crippen molar-refractivity contribution in [2.45, 2.75) is 48.9 Å². The maximum Gasteiger partial charge on any atom is 0.312 e. The first-order valence-corrected chi connectivity index (χ1v) is 12.4. The fourth-order valence-electron chi connectivity index (χ4n) is 5.91. The van der Waals surface area contributed by atoms with Crippen molar-refractivity contribution in [3.8, 4) is 0 Å². The summed E-state index contributed by atoms with van der Waals surface area (Å²) in [5.41, 5.74) is -0.588. The van der Waals surface area contributed by atoms with E-state index in [1.165, 1.54) is 4.90 Å². The molecule has 34 heavy (non-hydrogen) atoms. The molecule has 8 nitrogen and oxygen atoms in total. The average Bonchev–Trinajstić information content (AvgIpc) is 3.42. The number of ether oxygens (including phenoxy) is 2. The van der Waals surface area contributed by atoms with E-state index < -0.39 is 47.5 Å². The van der Waals surface area contributed by atoms with Gasteiger partial charge in [-0.25, -0.2) is 0 Å². The zero-order chi connectivity index (χ0) is 24.2. The predicted octanol–water partition coefficient (Wildman–Crippen LogP) is 2.47. The van der Waals surface area contributed by atoms with Gasteiger partial charge in [0.2, 0.25) is 11.8 Å². The van der Waals surface area contributed by atoms with Crippen LogP contribution in [0, 0.1) is 11.8 Å². The minimum atomic E-state index is -1.18. The number of carbonyl (C=O) groups is 3. The zero-order valence-corrected chi connectivity index (χ0v) is 20.5. The molecule has 180 valence electrons. The average molecular weight is 531 g/mol. The number of hydrogen-bond acceptors (Lipinski definition) is 6. The van der Waals surface area contributed by atoms with Crippen LogP contribution >= 0.6 is 15.9 Å². The molecule has 2 aromatic carbocycles. The maximum atomic E-state index is 13.8. The van der Waals surface area contributed by atoms with Gasteiger partial charge in [0, 0.05) is 10.5 Å². The largest absolute Gasteiger partial charge is 0.466 e. The molecule has 0 aromatic heterocycles. The number of hydrogen-bond donors (Lipinski definition) is 2. The van der Waals surface area contributed by atoms with Gasteiger partial charge in [-0.1, -0.05) is 46.3 Å². The summed E-state index contributed by atoms with van der Waals surface area (Å²) in [6, 6.07) is 11.8. The molecule has 0 radical (unpaired) electrons. The van der Waals surface area contributed by atoms with E-state index in [1.54, 1.807) is 13.8 Å². The SMILES string of the molecule is CCOC(=O)[C@H]1[C@H]2C(=O)N([C@H](C)CO)C(C(=O)Nc3ccc4ccccc4c3)C23CC(Br)[C@@H]1O3. The van der Waals surface area contributed by atoms with Gasteiger partial charge in [0.05, 0.1) is 37.2 Å². The Kier molecular flexibility index (Phi) is 5.90. The molecule has 1 spiro atoms. The van der Waals surface area contributed by atoms with Crippen LogP contribution in [0.5, 0.6) is 0 Å². The molecule has 2 aromatic rings. The van der Waals surface area contributed by atoms with Gasteiger partial charge in [0.15, 0.2) is 0 Å². The van der Waals surface area contributed by atoms with E-state index in [1.807, 2.05) is 42.5 Å². The van der Waals surface area contributed by atoms with Crippen molar-refractivity contribution in [3.05, 3.63) is 42.5 Å². The normalized spacial score (nSPS) is 32.6. The molecular weight excluding hydrogens is 504 g/mol. The number of nitrogens with one attached hydrogen (secondary N) is 1. The van der Waals surface area contributed by atoms with Crippen molar-refractivity contribution in [2.24, 2.45) is 11.8 Å². The smallest absolute Gasteiger partial charge is 0.312 e. The lowest BCUT2D eigenvalue weighted by atomic mass is 9.70.